The molecule has 0 aliphatic carbocycles. The van der Waals surface area contributed by atoms with E-state index in [0.29, 0.717) is 12.6 Å². The minimum absolute atomic E-state index is 0.422. The first-order chi connectivity index (χ1) is 9.23. The molecule has 0 rings (SSSR count). The van der Waals surface area contributed by atoms with Crippen LogP contribution in [0.1, 0.15) is 26.7 Å². The summed E-state index contributed by atoms with van der Waals surface area (Å²) < 4.78 is 0. The molecule has 0 spiro atoms. The van der Waals surface area contributed by atoms with Gasteiger partial charge in [0.25, 0.3) is 0 Å². The van der Waals surface area contributed by atoms with Crippen molar-refractivity contribution in [1.29, 1.82) is 0 Å². The van der Waals surface area contributed by atoms with Crippen molar-refractivity contribution in [3.05, 3.63) is 0 Å². The summed E-state index contributed by atoms with van der Waals surface area (Å²) in [6.07, 6.45) is 0.314. The summed E-state index contributed by atoms with van der Waals surface area (Å²) in [5.74, 6) is -2.07. The fourth-order valence-electron chi connectivity index (χ4n) is 1.40. The summed E-state index contributed by atoms with van der Waals surface area (Å²) in [6, 6.07) is -1.49. The average molecular weight is 288 g/mol. The zero-order valence-corrected chi connectivity index (χ0v) is 12.2. The Bertz CT molecular complexity index is 346. The predicted octanol–water partition coefficient (Wildman–Crippen LogP) is -0.655. The molecule has 0 radical (unpaired) electrons. The number of nitrogens with two attached hydrogens (primary N) is 1. The summed E-state index contributed by atoms with van der Waals surface area (Å²) in [5.41, 5.74) is 4.91. The average Bonchev–Trinajstić information content (AvgIpc) is 2.32. The highest BCUT2D eigenvalue weighted by atomic mass is 16.4. The molecular weight excluding hydrogens is 264 g/mol. The summed E-state index contributed by atoms with van der Waals surface area (Å²) in [4.78, 5) is 35.1. The molecule has 0 saturated carbocycles. The van der Waals surface area contributed by atoms with Crippen LogP contribution in [-0.2, 0) is 9.59 Å². The fourth-order valence-corrected chi connectivity index (χ4v) is 1.40. The Kier molecular flexibility index (Phi) is 8.30. The van der Waals surface area contributed by atoms with Gasteiger partial charge in [-0.15, -0.1) is 0 Å². The van der Waals surface area contributed by atoms with Crippen LogP contribution in [0, 0.1) is 0 Å². The van der Waals surface area contributed by atoms with Gasteiger partial charge in [0.05, 0.1) is 6.42 Å². The van der Waals surface area contributed by atoms with Crippen LogP contribution in [-0.4, -0.2) is 60.1 Å². The van der Waals surface area contributed by atoms with Gasteiger partial charge in [0.2, 0.25) is 5.91 Å². The normalized spacial score (nSPS) is 12.2. The van der Waals surface area contributed by atoms with Crippen molar-refractivity contribution in [3.8, 4) is 0 Å². The number of carbonyl (C=O) groups excluding carboxylic acids is 2. The van der Waals surface area contributed by atoms with E-state index in [9.17, 15) is 14.4 Å². The van der Waals surface area contributed by atoms with Crippen molar-refractivity contribution >= 4 is 17.9 Å². The zero-order valence-electron chi connectivity index (χ0n) is 12.2. The number of carboxylic acid groups (broad SMARTS) is 1. The Morgan fingerprint density at radius 2 is 1.90 bits per heavy atom. The van der Waals surface area contributed by atoms with E-state index in [4.69, 9.17) is 10.8 Å². The molecule has 0 heterocycles. The fraction of sp³-hybridized carbons (Fsp3) is 0.750. The van der Waals surface area contributed by atoms with Gasteiger partial charge in [-0.2, -0.15) is 0 Å². The monoisotopic (exact) mass is 288 g/mol. The molecular formula is C12H24N4O4. The number of hydrogen-bond donors (Lipinski definition) is 4. The van der Waals surface area contributed by atoms with E-state index in [1.54, 1.807) is 0 Å². The van der Waals surface area contributed by atoms with Crippen molar-refractivity contribution in [2.45, 2.75) is 38.8 Å². The van der Waals surface area contributed by atoms with Crippen LogP contribution in [0.5, 0.6) is 0 Å². The zero-order chi connectivity index (χ0) is 15.7. The molecule has 0 aromatic heterocycles. The highest BCUT2D eigenvalue weighted by Crippen LogP contribution is 1.95. The van der Waals surface area contributed by atoms with E-state index in [1.807, 2.05) is 7.05 Å². The van der Waals surface area contributed by atoms with Crippen LogP contribution in [0.2, 0.25) is 0 Å². The maximum absolute atomic E-state index is 11.5. The Morgan fingerprint density at radius 3 is 2.35 bits per heavy atom. The Labute approximate surface area is 118 Å². The number of hydrogen-bond acceptors (Lipinski definition) is 4. The lowest BCUT2D eigenvalue weighted by Crippen LogP contribution is -2.48. The summed E-state index contributed by atoms with van der Waals surface area (Å²) in [7, 11) is 1.98. The molecule has 116 valence electrons. The van der Waals surface area contributed by atoms with Gasteiger partial charge in [-0.1, -0.05) is 0 Å². The lowest BCUT2D eigenvalue weighted by atomic mass is 10.2. The van der Waals surface area contributed by atoms with E-state index >= 15 is 0 Å². The summed E-state index contributed by atoms with van der Waals surface area (Å²) >= 11 is 0. The molecule has 0 aromatic carbocycles. The van der Waals surface area contributed by atoms with Crippen LogP contribution in [0.3, 0.4) is 0 Å². The maximum atomic E-state index is 11.5. The lowest BCUT2D eigenvalue weighted by molar-refractivity contribution is -0.140. The number of nitrogens with zero attached hydrogens (tertiary/aromatic N) is 1. The third-order valence-electron chi connectivity index (χ3n) is 2.86. The number of nitrogens with one attached hydrogen (secondary N) is 2. The lowest BCUT2D eigenvalue weighted by Gasteiger charge is -2.21. The van der Waals surface area contributed by atoms with Crippen LogP contribution in [0.4, 0.5) is 4.79 Å². The highest BCUT2D eigenvalue weighted by Gasteiger charge is 2.21. The first kappa shape index (κ1) is 18.2. The standard InChI is InChI=1S/C12H24N4O4/c1-8(2)16(3)6-4-5-14-12(20)15-9(11(18)19)7-10(13)17/h8-9H,4-7H2,1-3H3,(H2,13,17)(H,18,19)(H2,14,15,20)/t9-/m0/s1. The van der Waals surface area contributed by atoms with Crippen molar-refractivity contribution in [2.24, 2.45) is 5.73 Å². The van der Waals surface area contributed by atoms with Crippen molar-refractivity contribution in [1.82, 2.24) is 15.5 Å². The molecule has 0 bridgehead atoms. The highest BCUT2D eigenvalue weighted by molar-refractivity contribution is 5.87. The second-order valence-electron chi connectivity index (χ2n) is 4.89. The molecule has 8 nitrogen and oxygen atoms in total. The number of rotatable bonds is 9. The van der Waals surface area contributed by atoms with Crippen LogP contribution >= 0.6 is 0 Å². The third kappa shape index (κ3) is 8.30. The molecule has 0 saturated heterocycles. The molecule has 0 aliphatic heterocycles. The van der Waals surface area contributed by atoms with Gasteiger partial charge in [0, 0.05) is 12.6 Å². The van der Waals surface area contributed by atoms with Crippen LogP contribution in [0.15, 0.2) is 0 Å². The molecule has 8 heteroatoms. The number of amides is 3. The minimum atomic E-state index is -1.30. The molecule has 0 aromatic rings. The molecule has 20 heavy (non-hydrogen) atoms. The first-order valence-electron chi connectivity index (χ1n) is 6.49. The third-order valence-corrected chi connectivity index (χ3v) is 2.86. The number of carboxylic acids is 1. The molecule has 5 N–H and O–H groups in total. The Morgan fingerprint density at radius 1 is 1.30 bits per heavy atom. The van der Waals surface area contributed by atoms with E-state index in [2.05, 4.69) is 29.4 Å². The predicted molar refractivity (Wildman–Crippen MR) is 74.2 cm³/mol. The van der Waals surface area contributed by atoms with Crippen molar-refractivity contribution in [2.75, 3.05) is 20.1 Å². The van der Waals surface area contributed by atoms with Crippen molar-refractivity contribution < 1.29 is 19.5 Å². The second kappa shape index (κ2) is 9.13. The topological polar surface area (TPSA) is 125 Å². The molecule has 3 amide bonds. The molecule has 1 atom stereocenters. The van der Waals surface area contributed by atoms with Gasteiger partial charge in [0.15, 0.2) is 0 Å². The second-order valence-corrected chi connectivity index (χ2v) is 4.89. The van der Waals surface area contributed by atoms with Crippen molar-refractivity contribution in [3.63, 3.8) is 0 Å². The first-order valence-corrected chi connectivity index (χ1v) is 6.49. The van der Waals surface area contributed by atoms with Gasteiger partial charge < -0.3 is 26.4 Å². The Hall–Kier alpha value is -1.83. The quantitative estimate of drug-likeness (QED) is 0.419. The number of urea groups is 1. The maximum Gasteiger partial charge on any atom is 0.326 e. The van der Waals surface area contributed by atoms with Crippen LogP contribution in [0.25, 0.3) is 0 Å². The largest absolute Gasteiger partial charge is 0.480 e. The minimum Gasteiger partial charge on any atom is -0.480 e. The van der Waals surface area contributed by atoms with Gasteiger partial charge in [-0.05, 0) is 33.9 Å². The van der Waals surface area contributed by atoms with Gasteiger partial charge >= 0.3 is 12.0 Å². The van der Waals surface area contributed by atoms with Gasteiger partial charge in [0.1, 0.15) is 6.04 Å². The molecule has 0 fully saturated rings. The summed E-state index contributed by atoms with van der Waals surface area (Å²) in [6.45, 7) is 5.39. The van der Waals surface area contributed by atoms with Crippen LogP contribution < -0.4 is 16.4 Å². The van der Waals surface area contributed by atoms with Gasteiger partial charge in [-0.25, -0.2) is 9.59 Å². The number of primary amides is 1. The number of aliphatic carboxylic acids is 1. The van der Waals surface area contributed by atoms with E-state index in [1.165, 1.54) is 0 Å². The van der Waals surface area contributed by atoms with E-state index in [-0.39, 0.29) is 0 Å². The molecule has 0 unspecified atom stereocenters. The molecule has 0 aliphatic rings. The smallest absolute Gasteiger partial charge is 0.326 e. The van der Waals surface area contributed by atoms with E-state index < -0.39 is 30.4 Å². The van der Waals surface area contributed by atoms with Gasteiger partial charge in [-0.3, -0.25) is 4.79 Å². The SMILES string of the molecule is CC(C)N(C)CCCNC(=O)N[C@@H](CC(N)=O)C(=O)O. The Balaban J connectivity index is 3.97. The van der Waals surface area contributed by atoms with E-state index in [0.717, 1.165) is 13.0 Å². The number of carbonyl (C=O) groups is 3. The summed E-state index contributed by atoms with van der Waals surface area (Å²) in [5, 5.41) is 13.6.